The zero-order chi connectivity index (χ0) is 12.0. The van der Waals surface area contributed by atoms with E-state index >= 15 is 0 Å². The summed E-state index contributed by atoms with van der Waals surface area (Å²) in [6.07, 6.45) is 5.29. The Balaban J connectivity index is 2.52. The molecule has 0 radical (unpaired) electrons. The molecule has 1 heterocycles. The number of nitrogens with zero attached hydrogens (tertiary/aromatic N) is 3. The number of rotatable bonds is 4. The van der Waals surface area contributed by atoms with Gasteiger partial charge in [0.25, 0.3) is 5.91 Å². The van der Waals surface area contributed by atoms with E-state index in [0.717, 1.165) is 5.69 Å². The van der Waals surface area contributed by atoms with E-state index in [1.165, 1.54) is 0 Å². The molecule has 1 aromatic heterocycles. The van der Waals surface area contributed by atoms with Crippen molar-refractivity contribution in [2.24, 2.45) is 12.0 Å². The van der Waals surface area contributed by atoms with Crippen LogP contribution in [-0.2, 0) is 18.4 Å². The van der Waals surface area contributed by atoms with Crippen LogP contribution >= 0.6 is 0 Å². The molecule has 86 valence electrons. The molecule has 0 aliphatic rings. The van der Waals surface area contributed by atoms with Gasteiger partial charge in [-0.15, -0.1) is 0 Å². The molecule has 0 saturated heterocycles. The predicted octanol–water partition coefficient (Wildman–Crippen LogP) is 0.683. The third kappa shape index (κ3) is 3.34. The maximum absolute atomic E-state index is 11.6. The second-order valence-electron chi connectivity index (χ2n) is 3.27. The van der Waals surface area contributed by atoms with E-state index in [0.29, 0.717) is 12.3 Å². The van der Waals surface area contributed by atoms with E-state index in [1.807, 2.05) is 26.2 Å². The first-order valence-electron chi connectivity index (χ1n) is 5.03. The Bertz CT molecular complexity index is 417. The van der Waals surface area contributed by atoms with Crippen LogP contribution < -0.4 is 5.32 Å². The van der Waals surface area contributed by atoms with Crippen molar-refractivity contribution in [2.75, 3.05) is 7.05 Å². The fraction of sp³-hybridized carbons (Fsp3) is 0.364. The van der Waals surface area contributed by atoms with Crippen LogP contribution in [0, 0.1) is 0 Å². The van der Waals surface area contributed by atoms with Gasteiger partial charge < -0.3 is 5.32 Å². The van der Waals surface area contributed by atoms with Crippen molar-refractivity contribution >= 4 is 11.6 Å². The lowest BCUT2D eigenvalue weighted by atomic mass is 10.3. The average Bonchev–Trinajstić information content (AvgIpc) is 2.68. The number of aromatic nitrogens is 2. The van der Waals surface area contributed by atoms with Crippen LogP contribution in [0.2, 0.25) is 0 Å². The maximum atomic E-state index is 11.6. The number of aliphatic imine (C=N–C) groups is 1. The molecular weight excluding hydrogens is 204 g/mol. The highest BCUT2D eigenvalue weighted by atomic mass is 16.1. The van der Waals surface area contributed by atoms with E-state index in [9.17, 15) is 4.79 Å². The molecule has 1 N–H and O–H groups in total. The van der Waals surface area contributed by atoms with Crippen LogP contribution in [-0.4, -0.2) is 28.4 Å². The first-order valence-corrected chi connectivity index (χ1v) is 5.03. The van der Waals surface area contributed by atoms with Gasteiger partial charge in [0.15, 0.2) is 0 Å². The smallest absolute Gasteiger partial charge is 0.269 e. The Morgan fingerprint density at radius 3 is 2.94 bits per heavy atom. The quantitative estimate of drug-likeness (QED) is 0.759. The third-order valence-corrected chi connectivity index (χ3v) is 2.00. The van der Waals surface area contributed by atoms with Crippen LogP contribution in [0.25, 0.3) is 0 Å². The van der Waals surface area contributed by atoms with Crippen molar-refractivity contribution in [3.63, 3.8) is 0 Å². The molecule has 1 amide bonds. The van der Waals surface area contributed by atoms with Gasteiger partial charge in [-0.25, -0.2) is 0 Å². The Kier molecular flexibility index (Phi) is 4.44. The van der Waals surface area contributed by atoms with Crippen LogP contribution in [0.4, 0.5) is 0 Å². The van der Waals surface area contributed by atoms with Crippen molar-refractivity contribution in [3.05, 3.63) is 30.1 Å². The van der Waals surface area contributed by atoms with Gasteiger partial charge in [0.2, 0.25) is 0 Å². The van der Waals surface area contributed by atoms with Crippen molar-refractivity contribution in [1.29, 1.82) is 0 Å². The van der Waals surface area contributed by atoms with Crippen LogP contribution in [0.5, 0.6) is 0 Å². The largest absolute Gasteiger partial charge is 0.345 e. The monoisotopic (exact) mass is 220 g/mol. The van der Waals surface area contributed by atoms with Gasteiger partial charge in [-0.05, 0) is 19.1 Å². The van der Waals surface area contributed by atoms with E-state index in [1.54, 1.807) is 23.9 Å². The molecule has 0 fully saturated rings. The van der Waals surface area contributed by atoms with Crippen molar-refractivity contribution in [1.82, 2.24) is 15.1 Å². The Morgan fingerprint density at radius 2 is 2.44 bits per heavy atom. The third-order valence-electron chi connectivity index (χ3n) is 2.00. The van der Waals surface area contributed by atoms with Gasteiger partial charge in [-0.2, -0.15) is 5.10 Å². The zero-order valence-corrected chi connectivity index (χ0v) is 9.77. The number of nitrogens with one attached hydrogen (secondary N) is 1. The number of aryl methyl sites for hydroxylation is 1. The second-order valence-corrected chi connectivity index (χ2v) is 3.27. The minimum Gasteiger partial charge on any atom is -0.345 e. The standard InChI is InChI=1S/C11H16N4O/c1-4-5-10(12-2)11(16)13-8-9-6-7-15(3)14-9/h4-7H,8H2,1-3H3,(H,13,16)/b5-4-,12-10?. The van der Waals surface area contributed by atoms with Crippen molar-refractivity contribution in [3.8, 4) is 0 Å². The molecule has 1 rings (SSSR count). The second kappa shape index (κ2) is 5.85. The summed E-state index contributed by atoms with van der Waals surface area (Å²) in [5, 5.41) is 6.91. The van der Waals surface area contributed by atoms with Gasteiger partial charge in [0, 0.05) is 20.3 Å². The summed E-state index contributed by atoms with van der Waals surface area (Å²) < 4.78 is 1.70. The molecule has 0 bridgehead atoms. The fourth-order valence-corrected chi connectivity index (χ4v) is 1.23. The number of hydrogen-bond acceptors (Lipinski definition) is 3. The summed E-state index contributed by atoms with van der Waals surface area (Å²) in [4.78, 5) is 15.5. The fourth-order valence-electron chi connectivity index (χ4n) is 1.23. The van der Waals surface area contributed by atoms with Gasteiger partial charge in [0.1, 0.15) is 5.71 Å². The molecular formula is C11H16N4O. The van der Waals surface area contributed by atoms with E-state index in [4.69, 9.17) is 0 Å². The molecule has 0 aromatic carbocycles. The molecule has 0 aliphatic heterocycles. The Hall–Kier alpha value is -1.91. The Morgan fingerprint density at radius 1 is 1.69 bits per heavy atom. The van der Waals surface area contributed by atoms with Crippen molar-refractivity contribution < 1.29 is 4.79 Å². The lowest BCUT2D eigenvalue weighted by Gasteiger charge is -2.02. The lowest BCUT2D eigenvalue weighted by molar-refractivity contribution is -0.114. The predicted molar refractivity (Wildman–Crippen MR) is 63.2 cm³/mol. The number of hydrogen-bond donors (Lipinski definition) is 1. The molecule has 0 aliphatic carbocycles. The minimum atomic E-state index is -0.189. The molecule has 0 spiro atoms. The summed E-state index contributed by atoms with van der Waals surface area (Å²) in [5.41, 5.74) is 1.24. The van der Waals surface area contributed by atoms with Crippen LogP contribution in [0.15, 0.2) is 29.4 Å². The highest BCUT2D eigenvalue weighted by Gasteiger charge is 2.07. The van der Waals surface area contributed by atoms with E-state index in [-0.39, 0.29) is 5.91 Å². The normalized spacial score (nSPS) is 12.1. The van der Waals surface area contributed by atoms with Crippen LogP contribution in [0.3, 0.4) is 0 Å². The van der Waals surface area contributed by atoms with E-state index < -0.39 is 0 Å². The summed E-state index contributed by atoms with van der Waals surface area (Å²) in [7, 11) is 3.43. The van der Waals surface area contributed by atoms with Gasteiger partial charge in [-0.3, -0.25) is 14.5 Å². The molecule has 5 nitrogen and oxygen atoms in total. The summed E-state index contributed by atoms with van der Waals surface area (Å²) in [6.45, 7) is 2.26. The molecule has 0 unspecified atom stereocenters. The average molecular weight is 220 g/mol. The van der Waals surface area contributed by atoms with Gasteiger partial charge in [0.05, 0.1) is 12.2 Å². The van der Waals surface area contributed by atoms with E-state index in [2.05, 4.69) is 15.4 Å². The summed E-state index contributed by atoms with van der Waals surface area (Å²) in [5.74, 6) is -0.189. The van der Waals surface area contributed by atoms with Crippen LogP contribution in [0.1, 0.15) is 12.6 Å². The number of allylic oxidation sites excluding steroid dienone is 1. The topological polar surface area (TPSA) is 59.3 Å². The molecule has 0 saturated carbocycles. The molecule has 1 aromatic rings. The SMILES string of the molecule is C/C=C\C(=NC)C(=O)NCc1ccn(C)n1. The Labute approximate surface area is 94.9 Å². The number of carbonyl (C=O) groups excluding carboxylic acids is 1. The number of amides is 1. The molecule has 5 heteroatoms. The van der Waals surface area contributed by atoms with Gasteiger partial charge >= 0.3 is 0 Å². The maximum Gasteiger partial charge on any atom is 0.269 e. The highest BCUT2D eigenvalue weighted by Crippen LogP contribution is 1.93. The summed E-state index contributed by atoms with van der Waals surface area (Å²) >= 11 is 0. The minimum absolute atomic E-state index is 0.189. The van der Waals surface area contributed by atoms with Crippen molar-refractivity contribution in [2.45, 2.75) is 13.5 Å². The number of carbonyl (C=O) groups is 1. The summed E-state index contributed by atoms with van der Waals surface area (Å²) in [6, 6.07) is 1.86. The highest BCUT2D eigenvalue weighted by molar-refractivity contribution is 6.43. The zero-order valence-electron chi connectivity index (χ0n) is 9.77. The van der Waals surface area contributed by atoms with Gasteiger partial charge in [-0.1, -0.05) is 6.08 Å². The lowest BCUT2D eigenvalue weighted by Crippen LogP contribution is -2.29. The molecule has 0 atom stereocenters. The first-order chi connectivity index (χ1) is 7.67. The molecule has 16 heavy (non-hydrogen) atoms. The first kappa shape index (κ1) is 12.2.